The minimum absolute atomic E-state index is 0.640. The summed E-state index contributed by atoms with van der Waals surface area (Å²) in [5.41, 5.74) is 0. The van der Waals surface area contributed by atoms with Crippen LogP contribution in [0.1, 0.15) is 52.9 Å². The van der Waals surface area contributed by atoms with Crippen LogP contribution in [0.2, 0.25) is 0 Å². The van der Waals surface area contributed by atoms with Gasteiger partial charge in [-0.15, -0.1) is 6.58 Å². The molecule has 1 aliphatic carbocycles. The molecule has 0 aromatic carbocycles. The van der Waals surface area contributed by atoms with Crippen LogP contribution in [0, 0.1) is 11.8 Å². The minimum atomic E-state index is 0.640. The highest BCUT2D eigenvalue weighted by Crippen LogP contribution is 2.29. The molecule has 1 heteroatoms. The van der Waals surface area contributed by atoms with Crippen molar-refractivity contribution in [2.45, 2.75) is 65.0 Å². The van der Waals surface area contributed by atoms with Crippen molar-refractivity contribution in [1.29, 1.82) is 0 Å². The van der Waals surface area contributed by atoms with Gasteiger partial charge in [0.25, 0.3) is 0 Å². The summed E-state index contributed by atoms with van der Waals surface area (Å²) in [6.07, 6.45) is 8.55. The summed E-state index contributed by atoms with van der Waals surface area (Å²) in [4.78, 5) is 0. The van der Waals surface area contributed by atoms with Gasteiger partial charge in [0.2, 0.25) is 0 Å². The third-order valence-electron chi connectivity index (χ3n) is 4.01. The van der Waals surface area contributed by atoms with Gasteiger partial charge in [-0.1, -0.05) is 32.8 Å². The Labute approximate surface area is 95.3 Å². The Balaban J connectivity index is 2.32. The maximum absolute atomic E-state index is 3.79. The molecule has 1 aliphatic rings. The Bertz CT molecular complexity index is 188. The normalized spacial score (nSPS) is 33.7. The third-order valence-corrected chi connectivity index (χ3v) is 4.01. The van der Waals surface area contributed by atoms with Crippen LogP contribution in [-0.4, -0.2) is 12.1 Å². The summed E-state index contributed by atoms with van der Waals surface area (Å²) in [6, 6.07) is 1.38. The van der Waals surface area contributed by atoms with E-state index in [4.69, 9.17) is 0 Å². The van der Waals surface area contributed by atoms with Crippen molar-refractivity contribution in [3.8, 4) is 0 Å². The summed E-state index contributed by atoms with van der Waals surface area (Å²) < 4.78 is 0. The minimum Gasteiger partial charge on any atom is -0.311 e. The molecule has 1 saturated carbocycles. The van der Waals surface area contributed by atoms with Crippen molar-refractivity contribution in [1.82, 2.24) is 5.32 Å². The monoisotopic (exact) mass is 209 g/mol. The second-order valence-electron chi connectivity index (χ2n) is 5.31. The molecule has 0 amide bonds. The molecule has 1 nitrogen and oxygen atoms in total. The predicted octanol–water partition coefficient (Wildman–Crippen LogP) is 3.76. The molecule has 0 aromatic rings. The van der Waals surface area contributed by atoms with Gasteiger partial charge in [0.1, 0.15) is 0 Å². The molecule has 0 spiro atoms. The Kier molecular flexibility index (Phi) is 5.38. The number of hydrogen-bond donors (Lipinski definition) is 1. The summed E-state index contributed by atoms with van der Waals surface area (Å²) in [5, 5.41) is 3.79. The summed E-state index contributed by atoms with van der Waals surface area (Å²) in [6.45, 7) is 10.9. The van der Waals surface area contributed by atoms with Gasteiger partial charge in [0, 0.05) is 12.1 Å². The van der Waals surface area contributed by atoms with Crippen LogP contribution in [0.25, 0.3) is 0 Å². The molecule has 0 heterocycles. The fourth-order valence-electron chi connectivity index (χ4n) is 2.63. The molecule has 4 atom stereocenters. The van der Waals surface area contributed by atoms with Crippen LogP contribution >= 0.6 is 0 Å². The van der Waals surface area contributed by atoms with Gasteiger partial charge in [-0.3, -0.25) is 0 Å². The first-order valence-electron chi connectivity index (χ1n) is 6.52. The topological polar surface area (TPSA) is 12.0 Å². The van der Waals surface area contributed by atoms with E-state index in [0.29, 0.717) is 6.04 Å². The Morgan fingerprint density at radius 3 is 2.80 bits per heavy atom. The maximum atomic E-state index is 3.79. The zero-order valence-corrected chi connectivity index (χ0v) is 10.6. The van der Waals surface area contributed by atoms with E-state index in [1.54, 1.807) is 0 Å². The smallest absolute Gasteiger partial charge is 0.00977 e. The van der Waals surface area contributed by atoms with Crippen LogP contribution in [0.4, 0.5) is 0 Å². The van der Waals surface area contributed by atoms with Gasteiger partial charge < -0.3 is 5.32 Å². The van der Waals surface area contributed by atoms with Crippen molar-refractivity contribution < 1.29 is 0 Å². The highest BCUT2D eigenvalue weighted by molar-refractivity contribution is 4.84. The van der Waals surface area contributed by atoms with Crippen LogP contribution < -0.4 is 5.32 Å². The molecule has 1 N–H and O–H groups in total. The maximum Gasteiger partial charge on any atom is 0.00977 e. The van der Waals surface area contributed by atoms with Crippen molar-refractivity contribution >= 4 is 0 Å². The number of hydrogen-bond acceptors (Lipinski definition) is 1. The van der Waals surface area contributed by atoms with E-state index >= 15 is 0 Å². The SMILES string of the molecule is C=CCCC(C)NC1CCCC(C)C1C. The highest BCUT2D eigenvalue weighted by Gasteiger charge is 2.27. The fourth-order valence-corrected chi connectivity index (χ4v) is 2.63. The summed E-state index contributed by atoms with van der Waals surface area (Å²) in [5.74, 6) is 1.73. The van der Waals surface area contributed by atoms with Gasteiger partial charge in [-0.05, 0) is 38.0 Å². The van der Waals surface area contributed by atoms with E-state index in [9.17, 15) is 0 Å². The molecular weight excluding hydrogens is 182 g/mol. The molecule has 0 saturated heterocycles. The molecule has 88 valence electrons. The molecule has 4 unspecified atom stereocenters. The van der Waals surface area contributed by atoms with Crippen molar-refractivity contribution in [2.75, 3.05) is 0 Å². The second kappa shape index (κ2) is 6.32. The molecule has 15 heavy (non-hydrogen) atoms. The Morgan fingerprint density at radius 2 is 2.13 bits per heavy atom. The summed E-state index contributed by atoms with van der Waals surface area (Å²) >= 11 is 0. The van der Waals surface area contributed by atoms with Gasteiger partial charge >= 0.3 is 0 Å². The number of nitrogens with one attached hydrogen (secondary N) is 1. The average molecular weight is 209 g/mol. The Hall–Kier alpha value is -0.300. The molecular formula is C14H27N. The number of allylic oxidation sites excluding steroid dienone is 1. The largest absolute Gasteiger partial charge is 0.311 e. The molecule has 0 radical (unpaired) electrons. The van der Waals surface area contributed by atoms with E-state index < -0.39 is 0 Å². The van der Waals surface area contributed by atoms with Gasteiger partial charge in [-0.25, -0.2) is 0 Å². The lowest BCUT2D eigenvalue weighted by Gasteiger charge is -2.36. The Morgan fingerprint density at radius 1 is 1.40 bits per heavy atom. The van der Waals surface area contributed by atoms with Crippen molar-refractivity contribution in [3.63, 3.8) is 0 Å². The standard InChI is InChI=1S/C14H27N/c1-5-6-9-12(3)15-14-10-7-8-11(2)13(14)4/h5,11-15H,1,6-10H2,2-4H3. The summed E-state index contributed by atoms with van der Waals surface area (Å²) in [7, 11) is 0. The lowest BCUT2D eigenvalue weighted by atomic mass is 9.78. The highest BCUT2D eigenvalue weighted by atomic mass is 15.0. The lowest BCUT2D eigenvalue weighted by Crippen LogP contribution is -2.44. The zero-order valence-electron chi connectivity index (χ0n) is 10.6. The van der Waals surface area contributed by atoms with Crippen LogP contribution in [0.15, 0.2) is 12.7 Å². The third kappa shape index (κ3) is 3.98. The van der Waals surface area contributed by atoms with E-state index in [0.717, 1.165) is 24.3 Å². The van der Waals surface area contributed by atoms with Gasteiger partial charge in [0.15, 0.2) is 0 Å². The molecule has 0 aliphatic heterocycles. The average Bonchev–Trinajstić information content (AvgIpc) is 2.22. The van der Waals surface area contributed by atoms with Gasteiger partial charge in [0.05, 0.1) is 0 Å². The molecule has 0 aromatic heterocycles. The predicted molar refractivity (Wildman–Crippen MR) is 68.0 cm³/mol. The van der Waals surface area contributed by atoms with Crippen molar-refractivity contribution in [2.24, 2.45) is 11.8 Å². The molecule has 1 rings (SSSR count). The van der Waals surface area contributed by atoms with Gasteiger partial charge in [-0.2, -0.15) is 0 Å². The fraction of sp³-hybridized carbons (Fsp3) is 0.857. The van der Waals surface area contributed by atoms with E-state index in [2.05, 4.69) is 32.7 Å². The first kappa shape index (κ1) is 12.8. The van der Waals surface area contributed by atoms with Crippen LogP contribution in [0.3, 0.4) is 0 Å². The quantitative estimate of drug-likeness (QED) is 0.680. The molecule has 0 bridgehead atoms. The second-order valence-corrected chi connectivity index (χ2v) is 5.31. The zero-order chi connectivity index (χ0) is 11.3. The number of rotatable bonds is 5. The first-order valence-corrected chi connectivity index (χ1v) is 6.52. The van der Waals surface area contributed by atoms with E-state index in [-0.39, 0.29) is 0 Å². The van der Waals surface area contributed by atoms with Crippen molar-refractivity contribution in [3.05, 3.63) is 12.7 Å². The van der Waals surface area contributed by atoms with Crippen LogP contribution in [0.5, 0.6) is 0 Å². The van der Waals surface area contributed by atoms with E-state index in [1.165, 1.54) is 25.7 Å². The van der Waals surface area contributed by atoms with E-state index in [1.807, 2.05) is 6.08 Å². The molecule has 1 fully saturated rings. The van der Waals surface area contributed by atoms with Crippen LogP contribution in [-0.2, 0) is 0 Å². The lowest BCUT2D eigenvalue weighted by molar-refractivity contribution is 0.194. The first-order chi connectivity index (χ1) is 7.15.